The molecule has 2 aromatic rings. The number of anilines is 1. The van der Waals surface area contributed by atoms with Gasteiger partial charge in [0.25, 0.3) is 17.7 Å². The zero-order valence-electron chi connectivity index (χ0n) is 17.0. The van der Waals surface area contributed by atoms with Gasteiger partial charge in [0.1, 0.15) is 5.75 Å². The first kappa shape index (κ1) is 21.7. The van der Waals surface area contributed by atoms with Crippen LogP contribution in [-0.4, -0.2) is 49.9 Å². The normalized spacial score (nSPS) is 10.1. The summed E-state index contributed by atoms with van der Waals surface area (Å²) in [6, 6.07) is 12.2. The van der Waals surface area contributed by atoms with Crippen LogP contribution in [0.25, 0.3) is 0 Å². The molecule has 0 radical (unpaired) electrons. The van der Waals surface area contributed by atoms with Crippen LogP contribution in [0.5, 0.6) is 5.75 Å². The smallest absolute Gasteiger partial charge is 0.269 e. The summed E-state index contributed by atoms with van der Waals surface area (Å²) in [5.41, 5.74) is 8.05. The molecule has 0 heterocycles. The number of nitrogens with one attached hydrogen (secondary N) is 3. The second kappa shape index (κ2) is 10.1. The van der Waals surface area contributed by atoms with Crippen LogP contribution in [0, 0.1) is 13.8 Å². The second-order valence-electron chi connectivity index (χ2n) is 6.78. The summed E-state index contributed by atoms with van der Waals surface area (Å²) in [6.07, 6.45) is 0. The van der Waals surface area contributed by atoms with E-state index in [0.717, 1.165) is 16.8 Å². The lowest BCUT2D eigenvalue weighted by Gasteiger charge is -2.13. The molecule has 0 aromatic heterocycles. The highest BCUT2D eigenvalue weighted by atomic mass is 16.5. The van der Waals surface area contributed by atoms with E-state index in [4.69, 9.17) is 4.74 Å². The number of carbonyl (C=O) groups excluding carboxylic acids is 3. The van der Waals surface area contributed by atoms with Gasteiger partial charge in [0.05, 0.1) is 6.54 Å². The molecule has 8 nitrogen and oxygen atoms in total. The quantitative estimate of drug-likeness (QED) is 0.616. The van der Waals surface area contributed by atoms with Crippen molar-refractivity contribution in [2.45, 2.75) is 13.8 Å². The Kier molecular flexibility index (Phi) is 7.59. The first-order valence-corrected chi connectivity index (χ1v) is 9.09. The lowest BCUT2D eigenvalue weighted by Crippen LogP contribution is -2.44. The summed E-state index contributed by atoms with van der Waals surface area (Å²) in [5.74, 6) is -0.685. The molecule has 2 rings (SSSR count). The van der Waals surface area contributed by atoms with Gasteiger partial charge < -0.3 is 15.0 Å². The average molecular weight is 398 g/mol. The van der Waals surface area contributed by atoms with Crippen LogP contribution in [0.15, 0.2) is 42.5 Å². The van der Waals surface area contributed by atoms with Gasteiger partial charge in [-0.25, -0.2) is 0 Å². The Morgan fingerprint density at radius 3 is 2.45 bits per heavy atom. The van der Waals surface area contributed by atoms with Gasteiger partial charge in [-0.3, -0.25) is 25.2 Å². The maximum atomic E-state index is 12.2. The largest absolute Gasteiger partial charge is 0.484 e. The van der Waals surface area contributed by atoms with Crippen LogP contribution < -0.4 is 20.9 Å². The zero-order chi connectivity index (χ0) is 21.4. The first-order valence-electron chi connectivity index (χ1n) is 9.09. The van der Waals surface area contributed by atoms with Crippen molar-refractivity contribution in [1.29, 1.82) is 0 Å². The molecule has 0 bridgehead atoms. The van der Waals surface area contributed by atoms with E-state index in [2.05, 4.69) is 16.2 Å². The van der Waals surface area contributed by atoms with E-state index in [9.17, 15) is 14.4 Å². The Morgan fingerprint density at radius 2 is 1.76 bits per heavy atom. The number of ether oxygens (including phenoxy) is 1. The monoisotopic (exact) mass is 398 g/mol. The maximum Gasteiger partial charge on any atom is 0.269 e. The molecular weight excluding hydrogens is 372 g/mol. The molecule has 0 saturated heterocycles. The summed E-state index contributed by atoms with van der Waals surface area (Å²) < 4.78 is 5.38. The molecule has 0 atom stereocenters. The Balaban J connectivity index is 1.83. The molecule has 0 aliphatic rings. The Bertz CT molecular complexity index is 896. The van der Waals surface area contributed by atoms with Crippen LogP contribution in [0.4, 0.5) is 5.69 Å². The number of hydrogen-bond donors (Lipinski definition) is 3. The van der Waals surface area contributed by atoms with Crippen LogP contribution in [0.3, 0.4) is 0 Å². The van der Waals surface area contributed by atoms with E-state index in [0.29, 0.717) is 11.3 Å². The van der Waals surface area contributed by atoms with E-state index >= 15 is 0 Å². The standard InChI is InChI=1S/C21H26N4O4/c1-14-8-9-18(15(2)10-14)22-12-19(26)23-24-21(28)16-6-5-7-17(11-16)29-13-20(27)25(3)4/h5-11,22H,12-13H2,1-4H3,(H,23,26)(H,24,28). The fourth-order valence-electron chi connectivity index (χ4n) is 2.43. The fraction of sp³-hybridized carbons (Fsp3) is 0.286. The number of rotatable bonds is 7. The van der Waals surface area contributed by atoms with Gasteiger partial charge in [0, 0.05) is 25.3 Å². The van der Waals surface area contributed by atoms with Crippen molar-refractivity contribution in [3.63, 3.8) is 0 Å². The predicted octanol–water partition coefficient (Wildman–Crippen LogP) is 1.64. The zero-order valence-corrected chi connectivity index (χ0v) is 17.0. The van der Waals surface area contributed by atoms with Crippen molar-refractivity contribution in [1.82, 2.24) is 15.8 Å². The third-order valence-corrected chi connectivity index (χ3v) is 4.09. The number of amides is 3. The fourth-order valence-corrected chi connectivity index (χ4v) is 2.43. The van der Waals surface area contributed by atoms with E-state index in [-0.39, 0.29) is 25.0 Å². The molecule has 0 fully saturated rings. The average Bonchev–Trinajstić information content (AvgIpc) is 2.69. The van der Waals surface area contributed by atoms with Gasteiger partial charge in [0.2, 0.25) is 0 Å². The molecule has 0 aliphatic carbocycles. The topological polar surface area (TPSA) is 99.8 Å². The number of aryl methyl sites for hydroxylation is 2. The van der Waals surface area contributed by atoms with Gasteiger partial charge >= 0.3 is 0 Å². The number of benzene rings is 2. The minimum Gasteiger partial charge on any atom is -0.484 e. The van der Waals surface area contributed by atoms with Crippen molar-refractivity contribution in [3.05, 3.63) is 59.2 Å². The van der Waals surface area contributed by atoms with Crippen LogP contribution in [0.1, 0.15) is 21.5 Å². The minimum absolute atomic E-state index is 0.0139. The van der Waals surface area contributed by atoms with Crippen molar-refractivity contribution in [2.24, 2.45) is 0 Å². The van der Waals surface area contributed by atoms with E-state index < -0.39 is 5.91 Å². The molecular formula is C21H26N4O4. The summed E-state index contributed by atoms with van der Waals surface area (Å²) in [4.78, 5) is 37.2. The van der Waals surface area contributed by atoms with E-state index in [1.807, 2.05) is 32.0 Å². The van der Waals surface area contributed by atoms with Gasteiger partial charge in [-0.15, -0.1) is 0 Å². The molecule has 0 saturated carbocycles. The van der Waals surface area contributed by atoms with E-state index in [1.165, 1.54) is 11.0 Å². The number of hydrogen-bond acceptors (Lipinski definition) is 5. The Labute approximate surface area is 170 Å². The summed E-state index contributed by atoms with van der Waals surface area (Å²) >= 11 is 0. The molecule has 29 heavy (non-hydrogen) atoms. The van der Waals surface area contributed by atoms with Gasteiger partial charge in [-0.2, -0.15) is 0 Å². The first-order chi connectivity index (χ1) is 13.8. The molecule has 154 valence electrons. The SMILES string of the molecule is Cc1ccc(NCC(=O)NNC(=O)c2cccc(OCC(=O)N(C)C)c2)c(C)c1. The highest BCUT2D eigenvalue weighted by Gasteiger charge is 2.10. The van der Waals surface area contributed by atoms with Gasteiger partial charge in [-0.05, 0) is 43.7 Å². The lowest BCUT2D eigenvalue weighted by molar-refractivity contribution is -0.130. The highest BCUT2D eigenvalue weighted by Crippen LogP contribution is 2.15. The maximum absolute atomic E-state index is 12.2. The van der Waals surface area contributed by atoms with Crippen molar-refractivity contribution < 1.29 is 19.1 Å². The Morgan fingerprint density at radius 1 is 1.00 bits per heavy atom. The predicted molar refractivity (Wildman–Crippen MR) is 111 cm³/mol. The third-order valence-electron chi connectivity index (χ3n) is 4.09. The number of hydrazine groups is 1. The second-order valence-corrected chi connectivity index (χ2v) is 6.78. The summed E-state index contributed by atoms with van der Waals surface area (Å²) in [6.45, 7) is 3.84. The summed E-state index contributed by atoms with van der Waals surface area (Å²) in [7, 11) is 3.26. The molecule has 3 amide bonds. The molecule has 2 aromatic carbocycles. The van der Waals surface area contributed by atoms with Crippen molar-refractivity contribution in [2.75, 3.05) is 32.6 Å². The number of nitrogens with zero attached hydrogens (tertiary/aromatic N) is 1. The molecule has 3 N–H and O–H groups in total. The molecule has 8 heteroatoms. The minimum atomic E-state index is -0.491. The number of carbonyl (C=O) groups is 3. The van der Waals surface area contributed by atoms with Crippen LogP contribution in [0.2, 0.25) is 0 Å². The van der Waals surface area contributed by atoms with Crippen molar-refractivity contribution in [3.8, 4) is 5.75 Å². The summed E-state index contributed by atoms with van der Waals surface area (Å²) in [5, 5.41) is 3.03. The molecule has 0 aliphatic heterocycles. The van der Waals surface area contributed by atoms with Crippen LogP contribution in [-0.2, 0) is 9.59 Å². The van der Waals surface area contributed by atoms with Gasteiger partial charge in [0.15, 0.2) is 6.61 Å². The third kappa shape index (κ3) is 6.84. The van der Waals surface area contributed by atoms with E-state index in [1.54, 1.807) is 32.3 Å². The van der Waals surface area contributed by atoms with Crippen molar-refractivity contribution >= 4 is 23.4 Å². The molecule has 0 unspecified atom stereocenters. The highest BCUT2D eigenvalue weighted by molar-refractivity contribution is 5.96. The van der Waals surface area contributed by atoms with Crippen LogP contribution >= 0.6 is 0 Å². The Hall–Kier alpha value is -3.55. The van der Waals surface area contributed by atoms with Gasteiger partial charge in [-0.1, -0.05) is 23.8 Å². The molecule has 0 spiro atoms. The number of likely N-dealkylation sites (N-methyl/N-ethyl adjacent to an activating group) is 1. The lowest BCUT2D eigenvalue weighted by atomic mass is 10.1.